The number of piperidine rings is 1. The van der Waals surface area contributed by atoms with Crippen LogP contribution in [0.25, 0.3) is 11.4 Å². The van der Waals surface area contributed by atoms with E-state index in [1.54, 1.807) is 60.4 Å². The van der Waals surface area contributed by atoms with Crippen LogP contribution in [0.2, 0.25) is 0 Å². The average molecular weight is 517 g/mol. The number of nitrogens with one attached hydrogen (secondary N) is 1. The molecule has 0 unspecified atom stereocenters. The Kier molecular flexibility index (Phi) is 7.00. The van der Waals surface area contributed by atoms with E-state index in [0.717, 1.165) is 5.56 Å². The number of rotatable bonds is 6. The van der Waals surface area contributed by atoms with Gasteiger partial charge in [0.25, 0.3) is 5.91 Å². The first kappa shape index (κ1) is 25.3. The van der Waals surface area contributed by atoms with Crippen molar-refractivity contribution in [2.24, 2.45) is 0 Å². The van der Waals surface area contributed by atoms with Gasteiger partial charge in [0.05, 0.1) is 5.41 Å². The van der Waals surface area contributed by atoms with Crippen molar-refractivity contribution in [2.75, 3.05) is 13.1 Å². The van der Waals surface area contributed by atoms with E-state index in [-0.39, 0.29) is 24.2 Å². The van der Waals surface area contributed by atoms with Crippen LogP contribution in [0.1, 0.15) is 40.2 Å². The highest BCUT2D eigenvalue weighted by atomic mass is 19.1. The van der Waals surface area contributed by atoms with E-state index in [1.165, 1.54) is 24.3 Å². The Morgan fingerprint density at radius 1 is 0.974 bits per heavy atom. The molecule has 1 aliphatic heterocycles. The molecular formula is C29H26F2N4O3. The van der Waals surface area contributed by atoms with E-state index >= 15 is 0 Å². The molecule has 4 aromatic rings. The number of amides is 2. The van der Waals surface area contributed by atoms with Gasteiger partial charge in [-0.1, -0.05) is 41.6 Å². The van der Waals surface area contributed by atoms with E-state index in [9.17, 15) is 18.4 Å². The summed E-state index contributed by atoms with van der Waals surface area (Å²) in [6.45, 7) is 2.55. The van der Waals surface area contributed by atoms with Crippen LogP contribution in [0.5, 0.6) is 0 Å². The molecule has 0 aliphatic carbocycles. The van der Waals surface area contributed by atoms with Crippen molar-refractivity contribution in [1.82, 2.24) is 20.4 Å². The monoisotopic (exact) mass is 516 g/mol. The first-order chi connectivity index (χ1) is 18.3. The molecule has 0 saturated carbocycles. The van der Waals surface area contributed by atoms with Gasteiger partial charge in [0, 0.05) is 37.7 Å². The Morgan fingerprint density at radius 2 is 1.68 bits per heavy atom. The number of benzene rings is 3. The number of halogens is 2. The molecule has 1 fully saturated rings. The molecule has 1 saturated heterocycles. The lowest BCUT2D eigenvalue weighted by atomic mass is 9.71. The SMILES string of the molecule is Cc1nc(-c2ccc(C(=O)N3CCC(C(=O)NCc4cccc(F)c4)(c4ccc(F)cc4)CC3)cc2)no1. The number of hydrogen-bond donors (Lipinski definition) is 1. The van der Waals surface area contributed by atoms with Crippen LogP contribution < -0.4 is 5.32 Å². The minimum absolute atomic E-state index is 0.145. The Bertz CT molecular complexity index is 1440. The highest BCUT2D eigenvalue weighted by Gasteiger charge is 2.43. The zero-order valence-electron chi connectivity index (χ0n) is 20.8. The molecule has 0 atom stereocenters. The van der Waals surface area contributed by atoms with Crippen LogP contribution in [-0.2, 0) is 16.8 Å². The molecule has 9 heteroatoms. The van der Waals surface area contributed by atoms with Gasteiger partial charge in [-0.25, -0.2) is 8.78 Å². The fourth-order valence-corrected chi connectivity index (χ4v) is 4.87. The smallest absolute Gasteiger partial charge is 0.253 e. The standard InChI is InChI=1S/C29H26F2N4O3/c1-19-33-26(34-38-19)21-5-7-22(8-6-21)27(36)35-15-13-29(14-16-35,23-9-11-24(30)12-10-23)28(37)32-18-20-3-2-4-25(31)17-20/h2-12,17H,13-16,18H2,1H3,(H,32,37). The van der Waals surface area contributed by atoms with Crippen LogP contribution >= 0.6 is 0 Å². The molecule has 7 nitrogen and oxygen atoms in total. The van der Waals surface area contributed by atoms with Crippen molar-refractivity contribution in [2.45, 2.75) is 31.7 Å². The number of aromatic nitrogens is 2. The number of aryl methyl sites for hydroxylation is 1. The van der Waals surface area contributed by atoms with Crippen molar-refractivity contribution >= 4 is 11.8 Å². The lowest BCUT2D eigenvalue weighted by Crippen LogP contribution is -2.52. The molecule has 0 bridgehead atoms. The van der Waals surface area contributed by atoms with Crippen molar-refractivity contribution < 1.29 is 22.9 Å². The third-order valence-electron chi connectivity index (χ3n) is 7.00. The maximum absolute atomic E-state index is 13.7. The molecule has 1 aliphatic rings. The molecule has 2 amide bonds. The first-order valence-corrected chi connectivity index (χ1v) is 12.3. The maximum Gasteiger partial charge on any atom is 0.253 e. The summed E-state index contributed by atoms with van der Waals surface area (Å²) in [5, 5.41) is 6.82. The molecule has 0 spiro atoms. The van der Waals surface area contributed by atoms with Gasteiger partial charge in [0.15, 0.2) is 0 Å². The van der Waals surface area contributed by atoms with Gasteiger partial charge >= 0.3 is 0 Å². The fraction of sp³-hybridized carbons (Fsp3) is 0.241. The maximum atomic E-state index is 13.7. The fourth-order valence-electron chi connectivity index (χ4n) is 4.87. The molecule has 38 heavy (non-hydrogen) atoms. The Labute approximate surface area is 218 Å². The molecule has 1 N–H and O–H groups in total. The van der Waals surface area contributed by atoms with Gasteiger partial charge in [-0.2, -0.15) is 4.98 Å². The van der Waals surface area contributed by atoms with Crippen LogP contribution in [-0.4, -0.2) is 39.9 Å². The van der Waals surface area contributed by atoms with Crippen molar-refractivity contribution in [1.29, 1.82) is 0 Å². The predicted octanol–water partition coefficient (Wildman–Crippen LogP) is 4.81. The Hall–Kier alpha value is -4.40. The third-order valence-corrected chi connectivity index (χ3v) is 7.00. The summed E-state index contributed by atoms with van der Waals surface area (Å²) in [6, 6.07) is 18.9. The van der Waals surface area contributed by atoms with Gasteiger partial charge in [-0.3, -0.25) is 9.59 Å². The van der Waals surface area contributed by atoms with Gasteiger partial charge < -0.3 is 14.7 Å². The molecule has 194 valence electrons. The number of likely N-dealkylation sites (tertiary alicyclic amines) is 1. The van der Waals surface area contributed by atoms with E-state index in [0.29, 0.717) is 54.3 Å². The molecular weight excluding hydrogens is 490 g/mol. The zero-order chi connectivity index (χ0) is 26.7. The van der Waals surface area contributed by atoms with Gasteiger partial charge in [-0.05, 0) is 60.4 Å². The minimum Gasteiger partial charge on any atom is -0.351 e. The number of carbonyl (C=O) groups excluding carboxylic acids is 2. The molecule has 2 heterocycles. The second-order valence-electron chi connectivity index (χ2n) is 9.41. The van der Waals surface area contributed by atoms with E-state index in [1.807, 2.05) is 0 Å². The molecule has 1 aromatic heterocycles. The Morgan fingerprint density at radius 3 is 2.32 bits per heavy atom. The topological polar surface area (TPSA) is 88.3 Å². The lowest BCUT2D eigenvalue weighted by molar-refractivity contribution is -0.128. The minimum atomic E-state index is -0.946. The Balaban J connectivity index is 1.31. The van der Waals surface area contributed by atoms with Gasteiger partial charge in [0.1, 0.15) is 11.6 Å². The summed E-state index contributed by atoms with van der Waals surface area (Å²) in [5.41, 5.74) is 1.63. The van der Waals surface area contributed by atoms with Crippen LogP contribution in [0.3, 0.4) is 0 Å². The lowest BCUT2D eigenvalue weighted by Gasteiger charge is -2.41. The highest BCUT2D eigenvalue weighted by molar-refractivity contribution is 5.95. The number of nitrogens with zero attached hydrogens (tertiary/aromatic N) is 3. The highest BCUT2D eigenvalue weighted by Crippen LogP contribution is 2.37. The van der Waals surface area contributed by atoms with Gasteiger partial charge in [0.2, 0.25) is 17.6 Å². The number of hydrogen-bond acceptors (Lipinski definition) is 5. The van der Waals surface area contributed by atoms with Crippen LogP contribution in [0.15, 0.2) is 77.3 Å². The largest absolute Gasteiger partial charge is 0.351 e. The van der Waals surface area contributed by atoms with Crippen molar-refractivity contribution in [3.8, 4) is 11.4 Å². The zero-order valence-corrected chi connectivity index (χ0v) is 20.8. The number of carbonyl (C=O) groups is 2. The normalized spacial score (nSPS) is 14.8. The van der Waals surface area contributed by atoms with Crippen molar-refractivity contribution in [3.63, 3.8) is 0 Å². The van der Waals surface area contributed by atoms with Gasteiger partial charge in [-0.15, -0.1) is 0 Å². The van der Waals surface area contributed by atoms with E-state index < -0.39 is 11.2 Å². The molecule has 3 aromatic carbocycles. The van der Waals surface area contributed by atoms with Crippen molar-refractivity contribution in [3.05, 3.63) is 107 Å². The van der Waals surface area contributed by atoms with E-state index in [4.69, 9.17) is 4.52 Å². The molecule has 0 radical (unpaired) electrons. The summed E-state index contributed by atoms with van der Waals surface area (Å²) in [7, 11) is 0. The summed E-state index contributed by atoms with van der Waals surface area (Å²) in [6.07, 6.45) is 0.721. The summed E-state index contributed by atoms with van der Waals surface area (Å²) >= 11 is 0. The summed E-state index contributed by atoms with van der Waals surface area (Å²) in [5.74, 6) is -0.242. The van der Waals surface area contributed by atoms with E-state index in [2.05, 4.69) is 15.5 Å². The summed E-state index contributed by atoms with van der Waals surface area (Å²) in [4.78, 5) is 32.7. The van der Waals surface area contributed by atoms with Crippen LogP contribution in [0, 0.1) is 18.6 Å². The first-order valence-electron chi connectivity index (χ1n) is 12.3. The third kappa shape index (κ3) is 5.18. The second-order valence-corrected chi connectivity index (χ2v) is 9.41. The van der Waals surface area contributed by atoms with Crippen LogP contribution in [0.4, 0.5) is 8.78 Å². The summed E-state index contributed by atoms with van der Waals surface area (Å²) < 4.78 is 32.3. The quantitative estimate of drug-likeness (QED) is 0.397. The average Bonchev–Trinajstić information content (AvgIpc) is 3.38. The second kappa shape index (κ2) is 10.5. The molecule has 5 rings (SSSR count). The predicted molar refractivity (Wildman–Crippen MR) is 136 cm³/mol.